The van der Waals surface area contributed by atoms with E-state index in [4.69, 9.17) is 0 Å². The Morgan fingerprint density at radius 3 is 2.65 bits per heavy atom. The van der Waals surface area contributed by atoms with Crippen LogP contribution in [0.2, 0.25) is 0 Å². The van der Waals surface area contributed by atoms with Crippen LogP contribution >= 0.6 is 0 Å². The van der Waals surface area contributed by atoms with Crippen LogP contribution in [0.1, 0.15) is 12.5 Å². The lowest BCUT2D eigenvalue weighted by molar-refractivity contribution is 0.625. The van der Waals surface area contributed by atoms with Gasteiger partial charge in [-0.3, -0.25) is 4.98 Å². The number of aryl methyl sites for hydroxylation is 1. The molecule has 0 amide bonds. The number of hydrogen-bond donors (Lipinski definition) is 0. The van der Waals surface area contributed by atoms with Crippen molar-refractivity contribution in [1.29, 1.82) is 0 Å². The van der Waals surface area contributed by atoms with E-state index >= 15 is 0 Å². The first kappa shape index (κ1) is 12.5. The third kappa shape index (κ3) is 2.20. The minimum absolute atomic E-state index is 0.267. The lowest BCUT2D eigenvalue weighted by Crippen LogP contribution is -2.00. The van der Waals surface area contributed by atoms with Crippen molar-refractivity contribution in [2.45, 2.75) is 13.3 Å². The highest BCUT2D eigenvalue weighted by Crippen LogP contribution is 2.26. The molecule has 0 atom stereocenters. The van der Waals surface area contributed by atoms with Crippen LogP contribution in [0, 0.1) is 5.82 Å². The molecule has 0 aliphatic heterocycles. The van der Waals surface area contributed by atoms with E-state index in [-0.39, 0.29) is 5.82 Å². The molecular weight excluding hydrogens is 253 g/mol. The third-order valence-corrected chi connectivity index (χ3v) is 3.23. The van der Waals surface area contributed by atoms with Gasteiger partial charge in [0.2, 0.25) is 0 Å². The maximum Gasteiger partial charge on any atom is 0.125 e. The van der Waals surface area contributed by atoms with Gasteiger partial charge in [-0.25, -0.2) is 9.07 Å². The van der Waals surface area contributed by atoms with E-state index in [9.17, 15) is 4.39 Å². The molecule has 0 aliphatic carbocycles. The smallest absolute Gasteiger partial charge is 0.125 e. The molecule has 0 fully saturated rings. The molecule has 3 nitrogen and oxygen atoms in total. The Morgan fingerprint density at radius 1 is 1.15 bits per heavy atom. The summed E-state index contributed by atoms with van der Waals surface area (Å²) >= 11 is 0. The summed E-state index contributed by atoms with van der Waals surface area (Å²) < 4.78 is 15.2. The van der Waals surface area contributed by atoms with Crippen molar-refractivity contribution in [1.82, 2.24) is 14.8 Å². The number of pyridine rings is 1. The van der Waals surface area contributed by atoms with E-state index in [1.165, 1.54) is 12.1 Å². The topological polar surface area (TPSA) is 30.7 Å². The standard InChI is InChI=1S/C16H14FN3/c1-2-12-11-19-20(15-5-3-4-14(17)10-15)16(12)13-6-8-18-9-7-13/h3-11H,2H2,1H3. The molecule has 0 saturated carbocycles. The van der Waals surface area contributed by atoms with Crippen molar-refractivity contribution in [2.24, 2.45) is 0 Å². The second-order valence-corrected chi connectivity index (χ2v) is 4.50. The minimum atomic E-state index is -0.267. The second-order valence-electron chi connectivity index (χ2n) is 4.50. The zero-order chi connectivity index (χ0) is 13.9. The summed E-state index contributed by atoms with van der Waals surface area (Å²) in [6.45, 7) is 2.08. The summed E-state index contributed by atoms with van der Waals surface area (Å²) in [5.41, 5.74) is 3.86. The zero-order valence-electron chi connectivity index (χ0n) is 11.1. The highest BCUT2D eigenvalue weighted by molar-refractivity contribution is 5.65. The summed E-state index contributed by atoms with van der Waals surface area (Å²) in [7, 11) is 0. The van der Waals surface area contributed by atoms with Crippen LogP contribution in [0.25, 0.3) is 16.9 Å². The summed E-state index contributed by atoms with van der Waals surface area (Å²) in [5.74, 6) is -0.267. The molecule has 0 bridgehead atoms. The Kier molecular flexibility index (Phi) is 3.29. The van der Waals surface area contributed by atoms with Gasteiger partial charge in [-0.05, 0) is 42.3 Å². The summed E-state index contributed by atoms with van der Waals surface area (Å²) in [5, 5.41) is 4.40. The number of nitrogens with zero attached hydrogens (tertiary/aromatic N) is 3. The fraction of sp³-hybridized carbons (Fsp3) is 0.125. The molecule has 1 aromatic carbocycles. The molecule has 100 valence electrons. The molecule has 0 aliphatic rings. The third-order valence-electron chi connectivity index (χ3n) is 3.23. The van der Waals surface area contributed by atoms with Gasteiger partial charge in [0.05, 0.1) is 17.6 Å². The number of hydrogen-bond acceptors (Lipinski definition) is 2. The number of benzene rings is 1. The summed E-state index contributed by atoms with van der Waals surface area (Å²) in [6, 6.07) is 10.3. The van der Waals surface area contributed by atoms with Crippen molar-refractivity contribution < 1.29 is 4.39 Å². The molecule has 0 spiro atoms. The fourth-order valence-electron chi connectivity index (χ4n) is 2.26. The van der Waals surface area contributed by atoms with Crippen LogP contribution < -0.4 is 0 Å². The molecule has 0 radical (unpaired) electrons. The Bertz CT molecular complexity index is 720. The van der Waals surface area contributed by atoms with Crippen LogP contribution in [0.15, 0.2) is 55.0 Å². The highest BCUT2D eigenvalue weighted by atomic mass is 19.1. The van der Waals surface area contributed by atoms with Gasteiger partial charge in [-0.1, -0.05) is 13.0 Å². The second kappa shape index (κ2) is 5.25. The summed E-state index contributed by atoms with van der Waals surface area (Å²) in [4.78, 5) is 4.04. The number of rotatable bonds is 3. The largest absolute Gasteiger partial charge is 0.265 e. The molecule has 0 saturated heterocycles. The molecule has 2 heterocycles. The van der Waals surface area contributed by atoms with Crippen LogP contribution in [0.3, 0.4) is 0 Å². The Morgan fingerprint density at radius 2 is 1.95 bits per heavy atom. The first-order valence-corrected chi connectivity index (χ1v) is 6.53. The van der Waals surface area contributed by atoms with Crippen molar-refractivity contribution in [3.63, 3.8) is 0 Å². The number of halogens is 1. The molecule has 4 heteroatoms. The quantitative estimate of drug-likeness (QED) is 0.725. The predicted octanol–water partition coefficient (Wildman–Crippen LogP) is 3.64. The van der Waals surface area contributed by atoms with E-state index in [1.54, 1.807) is 23.1 Å². The SMILES string of the molecule is CCc1cnn(-c2cccc(F)c2)c1-c1ccncc1. The van der Waals surface area contributed by atoms with Crippen molar-refractivity contribution in [2.75, 3.05) is 0 Å². The fourth-order valence-corrected chi connectivity index (χ4v) is 2.26. The lowest BCUT2D eigenvalue weighted by Gasteiger charge is -2.09. The molecule has 2 aromatic heterocycles. The van der Waals surface area contributed by atoms with Crippen molar-refractivity contribution >= 4 is 0 Å². The van der Waals surface area contributed by atoms with Gasteiger partial charge in [0.15, 0.2) is 0 Å². The minimum Gasteiger partial charge on any atom is -0.265 e. The first-order chi connectivity index (χ1) is 9.79. The number of aromatic nitrogens is 3. The van der Waals surface area contributed by atoms with Crippen LogP contribution in [-0.4, -0.2) is 14.8 Å². The van der Waals surface area contributed by atoms with Crippen molar-refractivity contribution in [3.05, 3.63) is 66.4 Å². The molecular formula is C16H14FN3. The van der Waals surface area contributed by atoms with Gasteiger partial charge in [0, 0.05) is 18.0 Å². The van der Waals surface area contributed by atoms with Gasteiger partial charge in [0.1, 0.15) is 5.82 Å². The predicted molar refractivity (Wildman–Crippen MR) is 76.1 cm³/mol. The van der Waals surface area contributed by atoms with Crippen LogP contribution in [-0.2, 0) is 6.42 Å². The molecule has 20 heavy (non-hydrogen) atoms. The van der Waals surface area contributed by atoms with E-state index in [0.29, 0.717) is 0 Å². The van der Waals surface area contributed by atoms with E-state index < -0.39 is 0 Å². The highest BCUT2D eigenvalue weighted by Gasteiger charge is 2.13. The molecule has 3 aromatic rings. The van der Waals surface area contributed by atoms with Crippen LogP contribution in [0.5, 0.6) is 0 Å². The Labute approximate surface area is 116 Å². The lowest BCUT2D eigenvalue weighted by atomic mass is 10.1. The first-order valence-electron chi connectivity index (χ1n) is 6.53. The monoisotopic (exact) mass is 267 g/mol. The van der Waals surface area contributed by atoms with Crippen molar-refractivity contribution in [3.8, 4) is 16.9 Å². The van der Waals surface area contributed by atoms with Gasteiger partial charge in [-0.15, -0.1) is 0 Å². The Hall–Kier alpha value is -2.49. The maximum absolute atomic E-state index is 13.4. The van der Waals surface area contributed by atoms with Crippen LogP contribution in [0.4, 0.5) is 4.39 Å². The van der Waals surface area contributed by atoms with Gasteiger partial charge >= 0.3 is 0 Å². The van der Waals surface area contributed by atoms with E-state index in [1.807, 2.05) is 24.4 Å². The Balaban J connectivity index is 2.20. The summed E-state index contributed by atoms with van der Waals surface area (Å²) in [6.07, 6.45) is 6.20. The zero-order valence-corrected chi connectivity index (χ0v) is 11.1. The average Bonchev–Trinajstić information content (AvgIpc) is 2.92. The van der Waals surface area contributed by atoms with Gasteiger partial charge in [-0.2, -0.15) is 5.10 Å². The van der Waals surface area contributed by atoms with E-state index in [2.05, 4.69) is 17.0 Å². The van der Waals surface area contributed by atoms with E-state index in [0.717, 1.165) is 28.9 Å². The molecule has 0 N–H and O–H groups in total. The normalized spacial score (nSPS) is 10.7. The average molecular weight is 267 g/mol. The maximum atomic E-state index is 13.4. The molecule has 0 unspecified atom stereocenters. The van der Waals surface area contributed by atoms with Gasteiger partial charge in [0.25, 0.3) is 0 Å². The molecule has 3 rings (SSSR count). The van der Waals surface area contributed by atoms with Gasteiger partial charge < -0.3 is 0 Å².